The van der Waals surface area contributed by atoms with E-state index in [0.717, 1.165) is 5.56 Å². The van der Waals surface area contributed by atoms with Gasteiger partial charge < -0.3 is 5.32 Å². The Labute approximate surface area is 146 Å². The van der Waals surface area contributed by atoms with Gasteiger partial charge in [0, 0.05) is 18.9 Å². The van der Waals surface area contributed by atoms with Crippen LogP contribution in [0.2, 0.25) is 5.02 Å². The Hall–Kier alpha value is -2.12. The molecule has 0 saturated heterocycles. The number of halogens is 2. The van der Waals surface area contributed by atoms with Crippen molar-refractivity contribution in [2.45, 2.75) is 6.54 Å². The van der Waals surface area contributed by atoms with Crippen LogP contribution in [0.4, 0.5) is 5.69 Å². The van der Waals surface area contributed by atoms with E-state index >= 15 is 0 Å². The molecule has 2 aromatic heterocycles. The average Bonchev–Trinajstić information content (AvgIpc) is 3.05. The smallest absolute Gasteiger partial charge is 0.275 e. The van der Waals surface area contributed by atoms with Crippen molar-refractivity contribution in [2.24, 2.45) is 7.05 Å². The molecule has 0 saturated carbocycles. The zero-order chi connectivity index (χ0) is 16.4. The van der Waals surface area contributed by atoms with Crippen LogP contribution in [0, 0.1) is 0 Å². The van der Waals surface area contributed by atoms with Crippen molar-refractivity contribution in [3.05, 3.63) is 63.6 Å². The molecule has 0 spiro atoms. The van der Waals surface area contributed by atoms with Crippen molar-refractivity contribution in [3.63, 3.8) is 0 Å². The molecule has 3 aromatic rings. The van der Waals surface area contributed by atoms with Gasteiger partial charge >= 0.3 is 0 Å². The molecule has 1 aromatic carbocycles. The normalized spacial score (nSPS) is 10.7. The van der Waals surface area contributed by atoms with Gasteiger partial charge in [-0.3, -0.25) is 14.2 Å². The molecule has 0 radical (unpaired) electrons. The number of aryl methyl sites for hydroxylation is 1. The summed E-state index contributed by atoms with van der Waals surface area (Å²) >= 11 is 9.18. The zero-order valence-corrected chi connectivity index (χ0v) is 14.5. The van der Waals surface area contributed by atoms with Crippen molar-refractivity contribution in [3.8, 4) is 0 Å². The first kappa shape index (κ1) is 15.8. The average molecular weight is 395 g/mol. The summed E-state index contributed by atoms with van der Waals surface area (Å²) in [4.78, 5) is 12.4. The standard InChI is InChI=1S/C15H13BrClN5O/c1-21-14(13(16)7-18-21)15(23)20-12-4-2-3-10(5-12)8-22-9-11(17)6-19-22/h2-7,9H,8H2,1H3,(H,20,23). The summed E-state index contributed by atoms with van der Waals surface area (Å²) < 4.78 is 3.91. The number of nitrogens with zero attached hydrogens (tertiary/aromatic N) is 4. The molecule has 0 aliphatic heterocycles. The molecule has 1 amide bonds. The molecule has 1 N–H and O–H groups in total. The Bertz CT molecular complexity index is 838. The maximum atomic E-state index is 12.4. The van der Waals surface area contributed by atoms with Crippen LogP contribution < -0.4 is 5.32 Å². The second-order valence-corrected chi connectivity index (χ2v) is 6.27. The Kier molecular flexibility index (Phi) is 4.49. The number of nitrogens with one attached hydrogen (secondary N) is 1. The van der Waals surface area contributed by atoms with Gasteiger partial charge in [0.1, 0.15) is 5.69 Å². The number of carbonyl (C=O) groups excluding carboxylic acids is 1. The molecule has 0 bridgehead atoms. The lowest BCUT2D eigenvalue weighted by molar-refractivity contribution is 0.101. The first-order valence-electron chi connectivity index (χ1n) is 6.78. The molecular weight excluding hydrogens is 382 g/mol. The van der Waals surface area contributed by atoms with Gasteiger partial charge in [-0.25, -0.2) is 0 Å². The van der Waals surface area contributed by atoms with Gasteiger partial charge in [0.2, 0.25) is 0 Å². The predicted octanol–water partition coefficient (Wildman–Crippen LogP) is 3.33. The fourth-order valence-corrected chi connectivity index (χ4v) is 2.90. The summed E-state index contributed by atoms with van der Waals surface area (Å²) in [5, 5.41) is 11.6. The number of aromatic nitrogens is 4. The molecule has 3 rings (SSSR count). The van der Waals surface area contributed by atoms with E-state index in [4.69, 9.17) is 11.6 Å². The quantitative estimate of drug-likeness (QED) is 0.738. The topological polar surface area (TPSA) is 64.7 Å². The lowest BCUT2D eigenvalue weighted by Gasteiger charge is -2.08. The Balaban J connectivity index is 1.76. The van der Waals surface area contributed by atoms with Crippen LogP contribution in [-0.2, 0) is 13.6 Å². The minimum Gasteiger partial charge on any atom is -0.321 e. The fourth-order valence-electron chi connectivity index (χ4n) is 2.22. The van der Waals surface area contributed by atoms with Gasteiger partial charge in [0.15, 0.2) is 0 Å². The van der Waals surface area contributed by atoms with Gasteiger partial charge in [-0.05, 0) is 33.6 Å². The molecule has 118 valence electrons. The van der Waals surface area contributed by atoms with Crippen LogP contribution in [-0.4, -0.2) is 25.5 Å². The highest BCUT2D eigenvalue weighted by Crippen LogP contribution is 2.18. The number of anilines is 1. The van der Waals surface area contributed by atoms with Crippen LogP contribution in [0.15, 0.2) is 47.3 Å². The number of amides is 1. The molecule has 23 heavy (non-hydrogen) atoms. The molecule has 6 nitrogen and oxygen atoms in total. The van der Waals surface area contributed by atoms with E-state index in [1.165, 1.54) is 4.68 Å². The summed E-state index contributed by atoms with van der Waals surface area (Å²) in [6.45, 7) is 0.575. The Morgan fingerprint density at radius 3 is 2.83 bits per heavy atom. The lowest BCUT2D eigenvalue weighted by atomic mass is 10.2. The largest absolute Gasteiger partial charge is 0.321 e. The summed E-state index contributed by atoms with van der Waals surface area (Å²) in [5.41, 5.74) is 2.18. The van der Waals surface area contributed by atoms with Crippen molar-refractivity contribution < 1.29 is 4.79 Å². The molecule has 8 heteroatoms. The van der Waals surface area contributed by atoms with E-state index < -0.39 is 0 Å². The van der Waals surface area contributed by atoms with E-state index in [9.17, 15) is 4.79 Å². The van der Waals surface area contributed by atoms with Crippen molar-refractivity contribution >= 4 is 39.1 Å². The maximum absolute atomic E-state index is 12.4. The third-order valence-corrected chi connectivity index (χ3v) is 4.02. The minimum absolute atomic E-state index is 0.226. The second-order valence-electron chi connectivity index (χ2n) is 4.98. The first-order valence-corrected chi connectivity index (χ1v) is 7.96. The number of hydrogen-bond acceptors (Lipinski definition) is 3. The van der Waals surface area contributed by atoms with Crippen LogP contribution in [0.1, 0.15) is 16.1 Å². The van der Waals surface area contributed by atoms with Crippen LogP contribution >= 0.6 is 27.5 Å². The molecule has 0 unspecified atom stereocenters. The van der Waals surface area contributed by atoms with Gasteiger partial charge in [-0.2, -0.15) is 10.2 Å². The highest BCUT2D eigenvalue weighted by atomic mass is 79.9. The summed E-state index contributed by atoms with van der Waals surface area (Å²) in [6, 6.07) is 7.58. The number of carbonyl (C=O) groups is 1. The molecule has 0 atom stereocenters. The summed E-state index contributed by atoms with van der Waals surface area (Å²) in [7, 11) is 1.72. The van der Waals surface area contributed by atoms with E-state index in [2.05, 4.69) is 31.4 Å². The maximum Gasteiger partial charge on any atom is 0.275 e. The van der Waals surface area contributed by atoms with Gasteiger partial charge in [-0.15, -0.1) is 0 Å². The van der Waals surface area contributed by atoms with Crippen molar-refractivity contribution in [1.82, 2.24) is 19.6 Å². The third-order valence-electron chi connectivity index (χ3n) is 3.24. The lowest BCUT2D eigenvalue weighted by Crippen LogP contribution is -2.16. The highest BCUT2D eigenvalue weighted by molar-refractivity contribution is 9.10. The molecule has 0 aliphatic carbocycles. The van der Waals surface area contributed by atoms with Crippen molar-refractivity contribution in [2.75, 3.05) is 5.32 Å². The molecule has 0 aliphatic rings. The minimum atomic E-state index is -0.226. The first-order chi connectivity index (χ1) is 11.0. The molecular formula is C15H13BrClN5O. The van der Waals surface area contributed by atoms with E-state index in [1.807, 2.05) is 24.3 Å². The van der Waals surface area contributed by atoms with E-state index in [-0.39, 0.29) is 5.91 Å². The zero-order valence-electron chi connectivity index (χ0n) is 12.2. The molecule has 0 fully saturated rings. The van der Waals surface area contributed by atoms with Gasteiger partial charge in [0.25, 0.3) is 5.91 Å². The van der Waals surface area contributed by atoms with Gasteiger partial charge in [0.05, 0.1) is 28.4 Å². The Morgan fingerprint density at radius 1 is 1.35 bits per heavy atom. The number of rotatable bonds is 4. The van der Waals surface area contributed by atoms with Crippen LogP contribution in [0.5, 0.6) is 0 Å². The SMILES string of the molecule is Cn1ncc(Br)c1C(=O)Nc1cccc(Cn2cc(Cl)cn2)c1. The summed E-state index contributed by atoms with van der Waals surface area (Å²) in [5.74, 6) is -0.226. The number of benzene rings is 1. The Morgan fingerprint density at radius 2 is 2.17 bits per heavy atom. The fraction of sp³-hybridized carbons (Fsp3) is 0.133. The summed E-state index contributed by atoms with van der Waals surface area (Å²) in [6.07, 6.45) is 4.93. The highest BCUT2D eigenvalue weighted by Gasteiger charge is 2.15. The van der Waals surface area contributed by atoms with E-state index in [0.29, 0.717) is 27.4 Å². The monoisotopic (exact) mass is 393 g/mol. The van der Waals surface area contributed by atoms with Crippen molar-refractivity contribution in [1.29, 1.82) is 0 Å². The van der Waals surface area contributed by atoms with Crippen LogP contribution in [0.25, 0.3) is 0 Å². The third kappa shape index (κ3) is 3.62. The second kappa shape index (κ2) is 6.55. The van der Waals surface area contributed by atoms with Crippen LogP contribution in [0.3, 0.4) is 0 Å². The molecule has 2 heterocycles. The van der Waals surface area contributed by atoms with E-state index in [1.54, 1.807) is 30.3 Å². The number of hydrogen-bond donors (Lipinski definition) is 1. The predicted molar refractivity (Wildman–Crippen MR) is 91.6 cm³/mol. The van der Waals surface area contributed by atoms with Gasteiger partial charge in [-0.1, -0.05) is 23.7 Å².